The first-order valence-corrected chi connectivity index (χ1v) is 7.86. The van der Waals surface area contributed by atoms with Crippen molar-refractivity contribution in [1.82, 2.24) is 0 Å². The maximum Gasteiger partial charge on any atom is 0.124 e. The standard InChI is InChI=1S/C15H14Cl2FNS/c16-11-5-4-10(15(17)7-11)6-13(19)9-20-14-3-1-2-12(18)8-14/h1-5,7-8,13H,6,9,19H2. The molecule has 0 saturated carbocycles. The van der Waals surface area contributed by atoms with Gasteiger partial charge in [0.25, 0.3) is 0 Å². The summed E-state index contributed by atoms with van der Waals surface area (Å²) >= 11 is 13.5. The molecule has 0 bridgehead atoms. The fraction of sp³-hybridized carbons (Fsp3) is 0.200. The number of nitrogens with two attached hydrogens (primary N) is 1. The molecule has 0 heterocycles. The average molecular weight is 330 g/mol. The van der Waals surface area contributed by atoms with Crippen LogP contribution in [0.25, 0.3) is 0 Å². The topological polar surface area (TPSA) is 26.0 Å². The third-order valence-electron chi connectivity index (χ3n) is 2.76. The van der Waals surface area contributed by atoms with E-state index in [9.17, 15) is 4.39 Å². The third-order valence-corrected chi connectivity index (χ3v) is 4.53. The third kappa shape index (κ3) is 4.67. The molecule has 0 saturated heterocycles. The predicted octanol–water partition coefficient (Wildman–Crippen LogP) is 4.79. The van der Waals surface area contributed by atoms with Gasteiger partial charge in [-0.2, -0.15) is 0 Å². The number of rotatable bonds is 5. The van der Waals surface area contributed by atoms with Crippen LogP contribution in [0.4, 0.5) is 4.39 Å². The highest BCUT2D eigenvalue weighted by molar-refractivity contribution is 7.99. The van der Waals surface area contributed by atoms with E-state index in [1.165, 1.54) is 23.9 Å². The zero-order chi connectivity index (χ0) is 14.5. The van der Waals surface area contributed by atoms with Crippen LogP contribution in [0.2, 0.25) is 10.0 Å². The highest BCUT2D eigenvalue weighted by Gasteiger charge is 2.09. The molecule has 1 nitrogen and oxygen atoms in total. The van der Waals surface area contributed by atoms with Crippen LogP contribution >= 0.6 is 35.0 Å². The Balaban J connectivity index is 1.90. The van der Waals surface area contributed by atoms with Crippen LogP contribution < -0.4 is 5.73 Å². The monoisotopic (exact) mass is 329 g/mol. The summed E-state index contributed by atoms with van der Waals surface area (Å²) < 4.78 is 13.1. The maximum atomic E-state index is 13.1. The summed E-state index contributed by atoms with van der Waals surface area (Å²) in [6.07, 6.45) is 0.665. The molecule has 2 aromatic carbocycles. The first-order chi connectivity index (χ1) is 9.54. The van der Waals surface area contributed by atoms with Gasteiger partial charge in [-0.25, -0.2) is 4.39 Å². The minimum absolute atomic E-state index is 0.0538. The first-order valence-electron chi connectivity index (χ1n) is 6.12. The van der Waals surface area contributed by atoms with E-state index in [0.29, 0.717) is 22.2 Å². The molecule has 2 aromatic rings. The van der Waals surface area contributed by atoms with Gasteiger partial charge in [0.2, 0.25) is 0 Å². The van der Waals surface area contributed by atoms with Crippen LogP contribution in [0.1, 0.15) is 5.56 Å². The molecule has 0 spiro atoms. The van der Waals surface area contributed by atoms with Gasteiger partial charge in [-0.1, -0.05) is 35.3 Å². The van der Waals surface area contributed by atoms with Crippen molar-refractivity contribution in [3.8, 4) is 0 Å². The van der Waals surface area contributed by atoms with Gasteiger partial charge in [0.1, 0.15) is 5.82 Å². The molecule has 106 valence electrons. The van der Waals surface area contributed by atoms with Crippen molar-refractivity contribution in [2.24, 2.45) is 5.73 Å². The quantitative estimate of drug-likeness (QED) is 0.798. The van der Waals surface area contributed by atoms with Crippen molar-refractivity contribution in [2.45, 2.75) is 17.4 Å². The molecular weight excluding hydrogens is 316 g/mol. The van der Waals surface area contributed by atoms with Crippen LogP contribution in [-0.4, -0.2) is 11.8 Å². The normalized spacial score (nSPS) is 12.4. The molecule has 0 radical (unpaired) electrons. The van der Waals surface area contributed by atoms with Gasteiger partial charge in [-0.15, -0.1) is 11.8 Å². The lowest BCUT2D eigenvalue weighted by atomic mass is 10.1. The van der Waals surface area contributed by atoms with E-state index in [1.807, 2.05) is 12.1 Å². The van der Waals surface area contributed by atoms with Gasteiger partial charge >= 0.3 is 0 Å². The van der Waals surface area contributed by atoms with Crippen molar-refractivity contribution >= 4 is 35.0 Å². The second kappa shape index (κ2) is 7.32. The van der Waals surface area contributed by atoms with Crippen LogP contribution in [-0.2, 0) is 6.42 Å². The average Bonchev–Trinajstić information content (AvgIpc) is 2.40. The fourth-order valence-corrected chi connectivity index (χ4v) is 3.17. The largest absolute Gasteiger partial charge is 0.327 e. The van der Waals surface area contributed by atoms with E-state index in [4.69, 9.17) is 28.9 Å². The van der Waals surface area contributed by atoms with E-state index in [2.05, 4.69) is 0 Å². The Bertz CT molecular complexity index is 592. The molecule has 2 N–H and O–H groups in total. The van der Waals surface area contributed by atoms with Crippen LogP contribution in [0.5, 0.6) is 0 Å². The summed E-state index contributed by atoms with van der Waals surface area (Å²) in [5.41, 5.74) is 7.07. The molecule has 0 aliphatic heterocycles. The lowest BCUT2D eigenvalue weighted by Crippen LogP contribution is -2.25. The van der Waals surface area contributed by atoms with E-state index in [0.717, 1.165) is 10.5 Å². The zero-order valence-electron chi connectivity index (χ0n) is 10.7. The van der Waals surface area contributed by atoms with Crippen molar-refractivity contribution in [1.29, 1.82) is 0 Å². The molecule has 2 rings (SSSR count). The van der Waals surface area contributed by atoms with Gasteiger partial charge in [0.15, 0.2) is 0 Å². The molecule has 5 heteroatoms. The Labute approximate surface area is 132 Å². The molecule has 0 aliphatic rings. The molecule has 20 heavy (non-hydrogen) atoms. The van der Waals surface area contributed by atoms with Gasteiger partial charge in [-0.05, 0) is 42.3 Å². The summed E-state index contributed by atoms with van der Waals surface area (Å²) in [5.74, 6) is 0.465. The van der Waals surface area contributed by atoms with E-state index < -0.39 is 0 Å². The predicted molar refractivity (Wildman–Crippen MR) is 85.3 cm³/mol. The Morgan fingerprint density at radius 2 is 1.95 bits per heavy atom. The highest BCUT2D eigenvalue weighted by atomic mass is 35.5. The molecule has 0 amide bonds. The van der Waals surface area contributed by atoms with Crippen LogP contribution in [0, 0.1) is 5.82 Å². The van der Waals surface area contributed by atoms with Gasteiger partial charge in [0.05, 0.1) is 0 Å². The smallest absolute Gasteiger partial charge is 0.124 e. The second-order valence-electron chi connectivity index (χ2n) is 4.47. The number of benzene rings is 2. The minimum atomic E-state index is -0.232. The van der Waals surface area contributed by atoms with Gasteiger partial charge in [-0.3, -0.25) is 0 Å². The van der Waals surface area contributed by atoms with Crippen LogP contribution in [0.3, 0.4) is 0 Å². The molecule has 1 atom stereocenters. The highest BCUT2D eigenvalue weighted by Crippen LogP contribution is 2.24. The summed E-state index contributed by atoms with van der Waals surface area (Å²) in [4.78, 5) is 0.877. The van der Waals surface area contributed by atoms with Gasteiger partial charge in [0, 0.05) is 26.7 Å². The van der Waals surface area contributed by atoms with Crippen molar-refractivity contribution < 1.29 is 4.39 Å². The fourth-order valence-electron chi connectivity index (χ4n) is 1.79. The Morgan fingerprint density at radius 1 is 1.15 bits per heavy atom. The lowest BCUT2D eigenvalue weighted by Gasteiger charge is -2.12. The summed E-state index contributed by atoms with van der Waals surface area (Å²) in [6, 6.07) is 11.8. The number of hydrogen-bond acceptors (Lipinski definition) is 2. The van der Waals surface area contributed by atoms with E-state index >= 15 is 0 Å². The van der Waals surface area contributed by atoms with Crippen molar-refractivity contribution in [3.63, 3.8) is 0 Å². The molecule has 0 aliphatic carbocycles. The van der Waals surface area contributed by atoms with Crippen molar-refractivity contribution in [3.05, 3.63) is 63.9 Å². The maximum absolute atomic E-state index is 13.1. The SMILES string of the molecule is NC(CSc1cccc(F)c1)Cc1ccc(Cl)cc1Cl. The van der Waals surface area contributed by atoms with E-state index in [1.54, 1.807) is 18.2 Å². The summed E-state index contributed by atoms with van der Waals surface area (Å²) in [7, 11) is 0. The first kappa shape index (κ1) is 15.6. The minimum Gasteiger partial charge on any atom is -0.327 e. The summed E-state index contributed by atoms with van der Waals surface area (Å²) in [6.45, 7) is 0. The Kier molecular flexibility index (Phi) is 5.73. The zero-order valence-corrected chi connectivity index (χ0v) is 13.0. The second-order valence-corrected chi connectivity index (χ2v) is 6.41. The number of halogens is 3. The molecule has 0 fully saturated rings. The molecular formula is C15H14Cl2FNS. The number of thioether (sulfide) groups is 1. The van der Waals surface area contributed by atoms with Crippen molar-refractivity contribution in [2.75, 3.05) is 5.75 Å². The molecule has 1 unspecified atom stereocenters. The summed E-state index contributed by atoms with van der Waals surface area (Å²) in [5, 5.41) is 1.24. The van der Waals surface area contributed by atoms with Crippen LogP contribution in [0.15, 0.2) is 47.4 Å². The lowest BCUT2D eigenvalue weighted by molar-refractivity contribution is 0.624. The van der Waals surface area contributed by atoms with Gasteiger partial charge < -0.3 is 5.73 Å². The number of hydrogen-bond donors (Lipinski definition) is 1. The van der Waals surface area contributed by atoms with E-state index in [-0.39, 0.29) is 11.9 Å². The Hall–Kier alpha value is -0.740. The molecule has 0 aromatic heterocycles. The Morgan fingerprint density at radius 3 is 2.65 bits per heavy atom.